The molecular formula is C13H17ClN2O. The Labute approximate surface area is 107 Å². The van der Waals surface area contributed by atoms with Gasteiger partial charge in [-0.1, -0.05) is 28.9 Å². The normalized spacial score (nSPS) is 17.4. The molecule has 1 fully saturated rings. The molecule has 0 N–H and O–H groups in total. The molecule has 0 spiro atoms. The highest BCUT2D eigenvalue weighted by molar-refractivity contribution is 6.30. The van der Waals surface area contributed by atoms with Crippen molar-refractivity contribution in [3.8, 4) is 0 Å². The lowest BCUT2D eigenvalue weighted by Gasteiger charge is -2.15. The van der Waals surface area contributed by atoms with Crippen LogP contribution in [0.25, 0.3) is 0 Å². The van der Waals surface area contributed by atoms with Crippen LogP contribution in [0.5, 0.6) is 0 Å². The summed E-state index contributed by atoms with van der Waals surface area (Å²) in [5.74, 6) is 0. The highest BCUT2D eigenvalue weighted by atomic mass is 35.5. The predicted octanol–water partition coefficient (Wildman–Crippen LogP) is 2.79. The van der Waals surface area contributed by atoms with E-state index in [-0.39, 0.29) is 0 Å². The molecule has 1 aliphatic heterocycles. The largest absolute Gasteiger partial charge is 0.399 e. The van der Waals surface area contributed by atoms with Gasteiger partial charge in [0.15, 0.2) is 0 Å². The molecule has 4 heteroatoms. The Morgan fingerprint density at radius 1 is 1.29 bits per heavy atom. The first-order valence-corrected chi connectivity index (χ1v) is 6.25. The molecule has 0 aliphatic carbocycles. The van der Waals surface area contributed by atoms with Gasteiger partial charge in [0.05, 0.1) is 0 Å². The molecule has 3 nitrogen and oxygen atoms in total. The molecule has 1 aliphatic rings. The first-order chi connectivity index (χ1) is 8.29. The topological polar surface area (TPSA) is 24.8 Å². The van der Waals surface area contributed by atoms with Gasteiger partial charge in [-0.2, -0.15) is 0 Å². The molecule has 0 bridgehead atoms. The van der Waals surface area contributed by atoms with Gasteiger partial charge in [0.1, 0.15) is 12.8 Å². The van der Waals surface area contributed by atoms with Crippen LogP contribution in [0.1, 0.15) is 18.4 Å². The molecule has 0 atom stereocenters. The maximum atomic E-state index is 5.88. The van der Waals surface area contributed by atoms with Gasteiger partial charge in [-0.25, -0.2) is 0 Å². The van der Waals surface area contributed by atoms with Crippen LogP contribution in [0.2, 0.25) is 5.02 Å². The highest BCUT2D eigenvalue weighted by Crippen LogP contribution is 2.13. The minimum absolute atomic E-state index is 0.742. The quantitative estimate of drug-likeness (QED) is 0.608. The lowest BCUT2D eigenvalue weighted by molar-refractivity contribution is 0.211. The summed E-state index contributed by atoms with van der Waals surface area (Å²) in [6, 6.07) is 7.73. The van der Waals surface area contributed by atoms with E-state index in [4.69, 9.17) is 16.4 Å². The summed E-state index contributed by atoms with van der Waals surface area (Å²) in [7, 11) is 1.58. The summed E-state index contributed by atoms with van der Waals surface area (Å²) in [5, 5.41) is 4.86. The van der Waals surface area contributed by atoms with Crippen molar-refractivity contribution in [2.75, 3.05) is 26.7 Å². The smallest absolute Gasteiger partial charge is 0.106 e. The first-order valence-electron chi connectivity index (χ1n) is 5.88. The van der Waals surface area contributed by atoms with Crippen molar-refractivity contribution in [3.05, 3.63) is 34.9 Å². The number of nitrogens with zero attached hydrogens (tertiary/aromatic N) is 2. The van der Waals surface area contributed by atoms with E-state index >= 15 is 0 Å². The Morgan fingerprint density at radius 2 is 1.94 bits per heavy atom. The van der Waals surface area contributed by atoms with Gasteiger partial charge in [0.25, 0.3) is 0 Å². The molecule has 92 valence electrons. The lowest BCUT2D eigenvalue weighted by Crippen LogP contribution is -2.27. The Bertz CT molecular complexity index is 383. The molecule has 1 heterocycles. The molecule has 0 unspecified atom stereocenters. The number of halogens is 1. The van der Waals surface area contributed by atoms with Gasteiger partial charge in [-0.05, 0) is 38.1 Å². The van der Waals surface area contributed by atoms with E-state index in [0.29, 0.717) is 0 Å². The van der Waals surface area contributed by atoms with Gasteiger partial charge in [0.2, 0.25) is 0 Å². The summed E-state index contributed by atoms with van der Waals surface area (Å²) in [4.78, 5) is 7.32. The second kappa shape index (κ2) is 6.03. The van der Waals surface area contributed by atoms with Crippen LogP contribution in [0.15, 0.2) is 29.4 Å². The molecule has 1 saturated heterocycles. The average molecular weight is 253 g/mol. The second-order valence-corrected chi connectivity index (χ2v) is 4.65. The number of benzene rings is 1. The number of hydrogen-bond donors (Lipinski definition) is 0. The minimum atomic E-state index is 0.742. The van der Waals surface area contributed by atoms with Crippen LogP contribution >= 0.6 is 11.6 Å². The Kier molecular flexibility index (Phi) is 4.40. The van der Waals surface area contributed by atoms with Crippen LogP contribution in [0, 0.1) is 0 Å². The Hall–Kier alpha value is -1.06. The number of rotatable bonds is 4. The Morgan fingerprint density at radius 3 is 2.53 bits per heavy atom. The summed E-state index contributed by atoms with van der Waals surface area (Å²) in [6.07, 6.45) is 2.56. The molecule has 2 rings (SSSR count). The zero-order valence-corrected chi connectivity index (χ0v) is 10.8. The van der Waals surface area contributed by atoms with Crippen molar-refractivity contribution >= 4 is 17.3 Å². The van der Waals surface area contributed by atoms with Crippen molar-refractivity contribution < 1.29 is 4.84 Å². The SMILES string of the molecule is CO/N=C(\CN1CCCC1)c1ccc(Cl)cc1. The zero-order chi connectivity index (χ0) is 12.1. The second-order valence-electron chi connectivity index (χ2n) is 4.21. The van der Waals surface area contributed by atoms with Crippen molar-refractivity contribution in [2.24, 2.45) is 5.16 Å². The third kappa shape index (κ3) is 3.45. The first kappa shape index (κ1) is 12.4. The van der Waals surface area contributed by atoms with Crippen LogP contribution < -0.4 is 0 Å². The zero-order valence-electron chi connectivity index (χ0n) is 10.0. The van der Waals surface area contributed by atoms with E-state index in [1.165, 1.54) is 12.8 Å². The van der Waals surface area contributed by atoms with E-state index in [0.717, 1.165) is 35.9 Å². The van der Waals surface area contributed by atoms with E-state index in [1.54, 1.807) is 7.11 Å². The van der Waals surface area contributed by atoms with Gasteiger partial charge < -0.3 is 4.84 Å². The van der Waals surface area contributed by atoms with Crippen molar-refractivity contribution in [3.63, 3.8) is 0 Å². The molecule has 0 aromatic heterocycles. The molecule has 0 radical (unpaired) electrons. The average Bonchev–Trinajstić information content (AvgIpc) is 2.82. The van der Waals surface area contributed by atoms with Crippen LogP contribution in [0.4, 0.5) is 0 Å². The molecule has 0 saturated carbocycles. The lowest BCUT2D eigenvalue weighted by atomic mass is 10.1. The minimum Gasteiger partial charge on any atom is -0.399 e. The van der Waals surface area contributed by atoms with Crippen molar-refractivity contribution in [1.29, 1.82) is 0 Å². The number of likely N-dealkylation sites (tertiary alicyclic amines) is 1. The number of hydrogen-bond acceptors (Lipinski definition) is 3. The van der Waals surface area contributed by atoms with Gasteiger partial charge in [-0.3, -0.25) is 4.90 Å². The number of oxime groups is 1. The fourth-order valence-corrected chi connectivity index (χ4v) is 2.20. The third-order valence-electron chi connectivity index (χ3n) is 2.95. The summed E-state index contributed by atoms with van der Waals surface area (Å²) in [5.41, 5.74) is 2.04. The summed E-state index contributed by atoms with van der Waals surface area (Å²) in [6.45, 7) is 3.14. The molecule has 1 aromatic rings. The Balaban J connectivity index is 2.11. The molecule has 17 heavy (non-hydrogen) atoms. The monoisotopic (exact) mass is 252 g/mol. The molecule has 1 aromatic carbocycles. The molecular weight excluding hydrogens is 236 g/mol. The van der Waals surface area contributed by atoms with Crippen molar-refractivity contribution in [2.45, 2.75) is 12.8 Å². The molecule has 0 amide bonds. The van der Waals surface area contributed by atoms with Gasteiger partial charge >= 0.3 is 0 Å². The van der Waals surface area contributed by atoms with Gasteiger partial charge in [0, 0.05) is 17.1 Å². The van der Waals surface area contributed by atoms with Crippen molar-refractivity contribution in [1.82, 2.24) is 4.90 Å². The summed E-state index contributed by atoms with van der Waals surface area (Å²) < 4.78 is 0. The fraction of sp³-hybridized carbons (Fsp3) is 0.462. The van der Waals surface area contributed by atoms with E-state index in [1.807, 2.05) is 24.3 Å². The maximum absolute atomic E-state index is 5.88. The van der Waals surface area contributed by atoms with Crippen LogP contribution in [-0.4, -0.2) is 37.4 Å². The maximum Gasteiger partial charge on any atom is 0.106 e. The van der Waals surface area contributed by atoms with Gasteiger partial charge in [-0.15, -0.1) is 0 Å². The summed E-state index contributed by atoms with van der Waals surface area (Å²) >= 11 is 5.88. The fourth-order valence-electron chi connectivity index (χ4n) is 2.08. The third-order valence-corrected chi connectivity index (χ3v) is 3.20. The predicted molar refractivity (Wildman–Crippen MR) is 70.7 cm³/mol. The van der Waals surface area contributed by atoms with E-state index in [9.17, 15) is 0 Å². The van der Waals surface area contributed by atoms with Crippen LogP contribution in [0.3, 0.4) is 0 Å². The highest BCUT2D eigenvalue weighted by Gasteiger charge is 2.15. The van der Waals surface area contributed by atoms with E-state index < -0.39 is 0 Å². The van der Waals surface area contributed by atoms with E-state index in [2.05, 4.69) is 10.1 Å². The standard InChI is InChI=1S/C13H17ClN2O/c1-17-15-13(10-16-8-2-3-9-16)11-4-6-12(14)7-5-11/h4-7H,2-3,8-10H2,1H3/b15-13+. The van der Waals surface area contributed by atoms with Crippen LogP contribution in [-0.2, 0) is 4.84 Å².